The van der Waals surface area contributed by atoms with Crippen LogP contribution >= 0.6 is 0 Å². The molecule has 1 rings (SSSR count). The molecule has 0 bridgehead atoms. The van der Waals surface area contributed by atoms with Crippen LogP contribution in [0.25, 0.3) is 0 Å². The zero-order valence-corrected chi connectivity index (χ0v) is 22.8. The summed E-state index contributed by atoms with van der Waals surface area (Å²) in [5.74, 6) is 0.796. The van der Waals surface area contributed by atoms with Crippen molar-refractivity contribution in [2.75, 3.05) is 0 Å². The van der Waals surface area contributed by atoms with E-state index in [0.29, 0.717) is 0 Å². The Labute approximate surface area is 208 Å². The maximum atomic E-state index is 4.45. The lowest BCUT2D eigenvalue weighted by atomic mass is 9.90. The topological polar surface area (TPSA) is 24.7 Å². The molecule has 2 heteroatoms. The first-order valence-corrected chi connectivity index (χ1v) is 15.3. The Hall–Kier alpha value is -0.790. The summed E-state index contributed by atoms with van der Waals surface area (Å²) in [7, 11) is 0. The van der Waals surface area contributed by atoms with Crippen LogP contribution in [0.3, 0.4) is 0 Å². The zero-order valence-electron chi connectivity index (χ0n) is 22.8. The summed E-state index contributed by atoms with van der Waals surface area (Å²) in [4.78, 5) is 8.90. The molecule has 1 aliphatic heterocycles. The molecule has 1 atom stereocenters. The molecule has 0 aromatic heterocycles. The van der Waals surface area contributed by atoms with Crippen LogP contribution in [0, 0.1) is 12.1 Å². The van der Waals surface area contributed by atoms with E-state index in [0.717, 1.165) is 18.5 Å². The van der Waals surface area contributed by atoms with Crippen molar-refractivity contribution in [2.24, 2.45) is 15.9 Å². The van der Waals surface area contributed by atoms with E-state index in [1.807, 2.05) is 12.4 Å². The predicted octanol–water partition coefficient (Wildman–Crippen LogP) is 11.0. The van der Waals surface area contributed by atoms with Gasteiger partial charge < -0.3 is 0 Å². The summed E-state index contributed by atoms with van der Waals surface area (Å²) < 4.78 is 0. The highest BCUT2D eigenvalue weighted by atomic mass is 15.0. The van der Waals surface area contributed by atoms with E-state index in [9.17, 15) is 0 Å². The minimum Gasteiger partial charge on any atom is -0.0968 e. The van der Waals surface area contributed by atoms with Gasteiger partial charge in [-0.2, -0.15) is 0 Å². The Kier molecular flexibility index (Phi) is 22.3. The number of rotatable bonds is 26. The monoisotopic (exact) mass is 459 g/mol. The maximum Gasteiger partial charge on any atom is 0.240 e. The highest BCUT2D eigenvalue weighted by molar-refractivity contribution is 6.18. The molecule has 0 spiro atoms. The highest BCUT2D eigenvalue weighted by Crippen LogP contribution is 2.28. The van der Waals surface area contributed by atoms with Gasteiger partial charge in [-0.15, -0.1) is 0 Å². The predicted molar refractivity (Wildman–Crippen MR) is 150 cm³/mol. The molecule has 0 saturated carbocycles. The molecule has 0 aliphatic carbocycles. The first kappa shape index (κ1) is 30.2. The zero-order chi connectivity index (χ0) is 23.7. The number of unbranched alkanes of at least 4 members (excludes halogenated alkanes) is 20. The second-order valence-electron chi connectivity index (χ2n) is 10.7. The molecule has 0 aromatic carbocycles. The maximum absolute atomic E-state index is 4.45. The second kappa shape index (κ2) is 24.3. The first-order valence-electron chi connectivity index (χ1n) is 15.3. The number of aliphatic imine (C=N–C) groups is 2. The summed E-state index contributed by atoms with van der Waals surface area (Å²) in [5.41, 5.74) is 0. The van der Waals surface area contributed by atoms with Crippen LogP contribution in [-0.4, -0.2) is 12.4 Å². The molecule has 1 heterocycles. The standard InChI is InChI=1S/C31H59N2/c1-3-5-7-9-11-13-14-15-16-18-20-22-24-26-30(29-31-32-27-28-33-31)25-23-21-19-17-12-10-8-6-4-2/h27-28,30H,3-26,29H2,1-2H3/q+1. The van der Waals surface area contributed by atoms with Crippen molar-refractivity contribution in [1.29, 1.82) is 0 Å². The quantitative estimate of drug-likeness (QED) is 0.0907. The van der Waals surface area contributed by atoms with Gasteiger partial charge in [0.25, 0.3) is 0 Å². The van der Waals surface area contributed by atoms with Gasteiger partial charge in [0.1, 0.15) is 0 Å². The summed E-state index contributed by atoms with van der Waals surface area (Å²) in [6.45, 7) is 4.60. The SMILES string of the molecule is CCCCCCCCCCCCCCCC(CCCCCCCCCCC)C[C+]1N=CC=N1. The van der Waals surface area contributed by atoms with Gasteiger partial charge in [0, 0.05) is 0 Å². The van der Waals surface area contributed by atoms with Crippen molar-refractivity contribution < 1.29 is 0 Å². The van der Waals surface area contributed by atoms with Crippen LogP contribution < -0.4 is 0 Å². The largest absolute Gasteiger partial charge is 0.240 e. The van der Waals surface area contributed by atoms with Crippen LogP contribution in [0.2, 0.25) is 0 Å². The molecule has 2 nitrogen and oxygen atoms in total. The van der Waals surface area contributed by atoms with E-state index >= 15 is 0 Å². The van der Waals surface area contributed by atoms with Gasteiger partial charge in [-0.25, -0.2) is 0 Å². The smallest absolute Gasteiger partial charge is 0.0968 e. The fourth-order valence-electron chi connectivity index (χ4n) is 5.18. The van der Waals surface area contributed by atoms with Gasteiger partial charge in [-0.3, -0.25) is 0 Å². The molecule has 0 radical (unpaired) electrons. The lowest BCUT2D eigenvalue weighted by Gasteiger charge is -2.15. The van der Waals surface area contributed by atoms with Gasteiger partial charge in [0.15, 0.2) is 12.4 Å². The average molecular weight is 460 g/mol. The normalized spacial score (nSPS) is 13.9. The molecule has 1 unspecified atom stereocenters. The Balaban J connectivity index is 1.99. The highest BCUT2D eigenvalue weighted by Gasteiger charge is 2.22. The third-order valence-corrected chi connectivity index (χ3v) is 7.42. The molecule has 0 N–H and O–H groups in total. The molecule has 0 fully saturated rings. The lowest BCUT2D eigenvalue weighted by Crippen LogP contribution is -2.05. The number of hydrogen-bond donors (Lipinski definition) is 0. The summed E-state index contributed by atoms with van der Waals surface area (Å²) >= 11 is 0. The molecule has 0 saturated heterocycles. The third kappa shape index (κ3) is 20.3. The minimum atomic E-state index is 0.796. The van der Waals surface area contributed by atoms with Crippen molar-refractivity contribution in [1.82, 2.24) is 0 Å². The van der Waals surface area contributed by atoms with Crippen molar-refractivity contribution >= 4 is 12.4 Å². The minimum absolute atomic E-state index is 0.796. The van der Waals surface area contributed by atoms with Crippen molar-refractivity contribution in [2.45, 2.75) is 174 Å². The van der Waals surface area contributed by atoms with E-state index in [2.05, 4.69) is 23.8 Å². The number of nitrogens with zero attached hydrogens (tertiary/aromatic N) is 2. The van der Waals surface area contributed by atoms with Crippen LogP contribution in [-0.2, 0) is 0 Å². The van der Waals surface area contributed by atoms with E-state index in [-0.39, 0.29) is 0 Å². The van der Waals surface area contributed by atoms with E-state index in [1.165, 1.54) is 154 Å². The van der Waals surface area contributed by atoms with Crippen molar-refractivity contribution in [3.8, 4) is 0 Å². The molecule has 0 aromatic rings. The molecule has 33 heavy (non-hydrogen) atoms. The van der Waals surface area contributed by atoms with Gasteiger partial charge in [-0.1, -0.05) is 165 Å². The summed E-state index contributed by atoms with van der Waals surface area (Å²) in [6.07, 6.45) is 40.2. The Morgan fingerprint density at radius 1 is 0.455 bits per heavy atom. The fraction of sp³-hybridized carbons (Fsp3) is 0.903. The van der Waals surface area contributed by atoms with Crippen LogP contribution in [0.1, 0.15) is 174 Å². The van der Waals surface area contributed by atoms with Gasteiger partial charge in [0.05, 0.1) is 6.42 Å². The van der Waals surface area contributed by atoms with Crippen LogP contribution in [0.5, 0.6) is 0 Å². The third-order valence-electron chi connectivity index (χ3n) is 7.42. The second-order valence-corrected chi connectivity index (χ2v) is 10.7. The molecule has 1 aliphatic rings. The van der Waals surface area contributed by atoms with Crippen LogP contribution in [0.4, 0.5) is 0 Å². The average Bonchev–Trinajstić information content (AvgIpc) is 3.34. The fourth-order valence-corrected chi connectivity index (χ4v) is 5.18. The molecule has 192 valence electrons. The van der Waals surface area contributed by atoms with Crippen molar-refractivity contribution in [3.05, 3.63) is 6.17 Å². The van der Waals surface area contributed by atoms with E-state index in [4.69, 9.17) is 0 Å². The Bertz CT molecular complexity index is 430. The summed E-state index contributed by atoms with van der Waals surface area (Å²) in [5, 5.41) is 0. The van der Waals surface area contributed by atoms with Gasteiger partial charge in [0.2, 0.25) is 6.17 Å². The molecular weight excluding hydrogens is 400 g/mol. The first-order chi connectivity index (χ1) is 16.4. The lowest BCUT2D eigenvalue weighted by molar-refractivity contribution is 0.384. The molecule has 0 amide bonds. The van der Waals surface area contributed by atoms with Gasteiger partial charge in [-0.05, 0) is 18.8 Å². The van der Waals surface area contributed by atoms with Crippen molar-refractivity contribution in [3.63, 3.8) is 0 Å². The summed E-state index contributed by atoms with van der Waals surface area (Å²) in [6, 6.07) is 0. The van der Waals surface area contributed by atoms with Crippen LogP contribution in [0.15, 0.2) is 9.98 Å². The van der Waals surface area contributed by atoms with Gasteiger partial charge >= 0.3 is 0 Å². The van der Waals surface area contributed by atoms with E-state index < -0.39 is 0 Å². The number of hydrogen-bond acceptors (Lipinski definition) is 2. The Morgan fingerprint density at radius 2 is 0.758 bits per heavy atom. The molecular formula is C31H59N2+. The van der Waals surface area contributed by atoms with E-state index in [1.54, 1.807) is 0 Å². The Morgan fingerprint density at radius 3 is 1.09 bits per heavy atom.